The zero-order chi connectivity index (χ0) is 20.1. The smallest absolute Gasteiger partial charge is 0.343 e. The molecule has 0 aliphatic carbocycles. The number of aliphatic imine (C=N–C) groups is 1. The first-order valence-electron chi connectivity index (χ1n) is 7.35. The number of aliphatic hydroxyl groups is 1. The lowest BCUT2D eigenvalue weighted by Crippen LogP contribution is -2.12. The van der Waals surface area contributed by atoms with Crippen LogP contribution in [0.2, 0.25) is 10.2 Å². The van der Waals surface area contributed by atoms with Gasteiger partial charge in [-0.3, -0.25) is 4.99 Å². The van der Waals surface area contributed by atoms with Crippen LogP contribution in [0.5, 0.6) is 0 Å². The first-order valence-corrected chi connectivity index (χ1v) is 8.11. The third kappa shape index (κ3) is 4.78. The van der Waals surface area contributed by atoms with Crippen molar-refractivity contribution in [3.8, 4) is 0 Å². The largest absolute Gasteiger partial charge is 0.506 e. The molecule has 0 unspecified atom stereocenters. The lowest BCUT2D eigenvalue weighted by molar-refractivity contribution is -0.137. The Bertz CT molecular complexity index is 949. The van der Waals surface area contributed by atoms with Crippen LogP contribution in [0.4, 0.5) is 18.9 Å². The highest BCUT2D eigenvalue weighted by Gasteiger charge is 2.21. The maximum Gasteiger partial charge on any atom is 0.343 e. The molecule has 1 heterocycles. The molecule has 2 aromatic rings. The number of hydrogen-bond donors (Lipinski definition) is 1. The second-order valence-electron chi connectivity index (χ2n) is 4.93. The van der Waals surface area contributed by atoms with Crippen molar-refractivity contribution < 1.29 is 27.8 Å². The van der Waals surface area contributed by atoms with E-state index in [2.05, 4.69) is 9.98 Å². The van der Waals surface area contributed by atoms with E-state index in [1.807, 2.05) is 0 Å². The highest BCUT2D eigenvalue weighted by atomic mass is 35.5. The van der Waals surface area contributed by atoms with Crippen molar-refractivity contribution in [2.45, 2.75) is 6.92 Å². The van der Waals surface area contributed by atoms with E-state index >= 15 is 0 Å². The molecule has 0 radical (unpaired) electrons. The normalized spacial score (nSPS) is 12.2. The van der Waals surface area contributed by atoms with Crippen LogP contribution in [0.15, 0.2) is 35.0 Å². The molecule has 142 valence electrons. The SMILES string of the molecule is CCOC(=O)C(C=Nc1ccc(F)cc1F)=C(O)c1cnc(Cl)c(F)c1Cl. The van der Waals surface area contributed by atoms with E-state index in [4.69, 9.17) is 27.9 Å². The molecule has 27 heavy (non-hydrogen) atoms. The second kappa shape index (κ2) is 8.88. The zero-order valence-corrected chi connectivity index (χ0v) is 15.2. The summed E-state index contributed by atoms with van der Waals surface area (Å²) in [6, 6.07) is 2.58. The number of nitrogens with zero attached hydrogens (tertiary/aromatic N) is 2. The van der Waals surface area contributed by atoms with Gasteiger partial charge in [0, 0.05) is 18.5 Å². The zero-order valence-electron chi connectivity index (χ0n) is 13.6. The summed E-state index contributed by atoms with van der Waals surface area (Å²) < 4.78 is 45.3. The number of rotatable bonds is 5. The highest BCUT2D eigenvalue weighted by molar-refractivity contribution is 6.35. The first-order chi connectivity index (χ1) is 12.8. The van der Waals surface area contributed by atoms with Gasteiger partial charge < -0.3 is 9.84 Å². The van der Waals surface area contributed by atoms with E-state index < -0.39 is 44.9 Å². The molecule has 0 aliphatic rings. The standard InChI is InChI=1S/C17H11Cl2F3N2O3/c1-2-27-17(26)10(7-23-12-4-3-8(20)5-11(12)21)15(25)9-6-24-16(19)14(22)13(9)18/h3-7,25H,2H2,1H3. The summed E-state index contributed by atoms with van der Waals surface area (Å²) in [6.07, 6.45) is 1.72. The summed E-state index contributed by atoms with van der Waals surface area (Å²) in [5.41, 5.74) is -1.21. The minimum atomic E-state index is -1.10. The lowest BCUT2D eigenvalue weighted by Gasteiger charge is -2.09. The Morgan fingerprint density at radius 3 is 2.67 bits per heavy atom. The molecule has 2 rings (SSSR count). The van der Waals surface area contributed by atoms with Crippen molar-refractivity contribution in [1.29, 1.82) is 0 Å². The van der Waals surface area contributed by atoms with Crippen LogP contribution < -0.4 is 0 Å². The molecule has 10 heteroatoms. The first kappa shape index (κ1) is 20.7. The van der Waals surface area contributed by atoms with Gasteiger partial charge in [0.15, 0.2) is 16.8 Å². The molecule has 0 amide bonds. The minimum Gasteiger partial charge on any atom is -0.506 e. The molecule has 1 aromatic carbocycles. The van der Waals surface area contributed by atoms with Gasteiger partial charge in [0.05, 0.1) is 22.9 Å². The Morgan fingerprint density at radius 1 is 1.33 bits per heavy atom. The second-order valence-corrected chi connectivity index (χ2v) is 5.66. The molecule has 0 atom stereocenters. The van der Waals surface area contributed by atoms with E-state index in [0.29, 0.717) is 6.07 Å². The van der Waals surface area contributed by atoms with Crippen LogP contribution in [0.25, 0.3) is 5.76 Å². The van der Waals surface area contributed by atoms with Gasteiger partial charge in [-0.15, -0.1) is 0 Å². The molecule has 0 spiro atoms. The Morgan fingerprint density at radius 2 is 2.04 bits per heavy atom. The molecular weight excluding hydrogens is 408 g/mol. The lowest BCUT2D eigenvalue weighted by atomic mass is 10.1. The quantitative estimate of drug-likeness (QED) is 0.242. The van der Waals surface area contributed by atoms with Gasteiger partial charge >= 0.3 is 5.97 Å². The Balaban J connectivity index is 2.57. The van der Waals surface area contributed by atoms with Crippen molar-refractivity contribution in [3.05, 3.63) is 63.2 Å². The van der Waals surface area contributed by atoms with E-state index in [1.54, 1.807) is 0 Å². The van der Waals surface area contributed by atoms with E-state index in [9.17, 15) is 23.1 Å². The molecule has 0 bridgehead atoms. The number of ether oxygens (including phenoxy) is 1. The van der Waals surface area contributed by atoms with Crippen LogP contribution in [-0.2, 0) is 9.53 Å². The fourth-order valence-electron chi connectivity index (χ4n) is 1.89. The van der Waals surface area contributed by atoms with Crippen LogP contribution in [0.3, 0.4) is 0 Å². The maximum atomic E-state index is 13.8. The maximum absolute atomic E-state index is 13.8. The topological polar surface area (TPSA) is 71.8 Å². The Labute approximate surface area is 161 Å². The molecule has 1 N–H and O–H groups in total. The van der Waals surface area contributed by atoms with Crippen molar-refractivity contribution in [2.75, 3.05) is 6.61 Å². The van der Waals surface area contributed by atoms with Crippen molar-refractivity contribution in [2.24, 2.45) is 4.99 Å². The average Bonchev–Trinajstić information content (AvgIpc) is 2.61. The van der Waals surface area contributed by atoms with Gasteiger partial charge in [0.2, 0.25) is 0 Å². The summed E-state index contributed by atoms with van der Waals surface area (Å²) in [5.74, 6) is -4.76. The number of benzene rings is 1. The third-order valence-corrected chi connectivity index (χ3v) is 3.80. The predicted octanol–water partition coefficient (Wildman–Crippen LogP) is 5.04. The van der Waals surface area contributed by atoms with Gasteiger partial charge in [-0.1, -0.05) is 23.2 Å². The van der Waals surface area contributed by atoms with E-state index in [-0.39, 0.29) is 17.9 Å². The van der Waals surface area contributed by atoms with Crippen molar-refractivity contribution in [3.63, 3.8) is 0 Å². The molecule has 1 aromatic heterocycles. The van der Waals surface area contributed by atoms with Gasteiger partial charge in [-0.2, -0.15) is 0 Å². The van der Waals surface area contributed by atoms with Crippen LogP contribution in [-0.4, -0.2) is 28.9 Å². The van der Waals surface area contributed by atoms with Gasteiger partial charge in [-0.25, -0.2) is 22.9 Å². The van der Waals surface area contributed by atoms with Crippen LogP contribution in [0, 0.1) is 17.5 Å². The van der Waals surface area contributed by atoms with Gasteiger partial charge in [0.1, 0.15) is 17.1 Å². The van der Waals surface area contributed by atoms with Gasteiger partial charge in [0.25, 0.3) is 0 Å². The van der Waals surface area contributed by atoms with Crippen molar-refractivity contribution >= 4 is 46.8 Å². The number of pyridine rings is 1. The molecule has 0 aliphatic heterocycles. The predicted molar refractivity (Wildman–Crippen MR) is 94.9 cm³/mol. The fourth-order valence-corrected chi connectivity index (χ4v) is 2.31. The third-order valence-electron chi connectivity index (χ3n) is 3.17. The number of aliphatic hydroxyl groups excluding tert-OH is 1. The highest BCUT2D eigenvalue weighted by Crippen LogP contribution is 2.30. The van der Waals surface area contributed by atoms with Crippen LogP contribution >= 0.6 is 23.2 Å². The summed E-state index contributed by atoms with van der Waals surface area (Å²) in [4.78, 5) is 19.3. The fraction of sp³-hybridized carbons (Fsp3) is 0.118. The molecule has 0 saturated carbocycles. The number of carbonyl (C=O) groups is 1. The molecule has 0 saturated heterocycles. The molecular formula is C17H11Cl2F3N2O3. The molecule has 5 nitrogen and oxygen atoms in total. The Hall–Kier alpha value is -2.58. The summed E-state index contributed by atoms with van der Waals surface area (Å²) in [5, 5.41) is 9.25. The van der Waals surface area contributed by atoms with E-state index in [0.717, 1.165) is 24.5 Å². The number of aromatic nitrogens is 1. The monoisotopic (exact) mass is 418 g/mol. The van der Waals surface area contributed by atoms with Gasteiger partial charge in [-0.05, 0) is 19.1 Å². The number of halogens is 5. The van der Waals surface area contributed by atoms with Crippen LogP contribution in [0.1, 0.15) is 12.5 Å². The Kier molecular flexibility index (Phi) is 6.81. The average molecular weight is 419 g/mol. The molecule has 0 fully saturated rings. The number of hydrogen-bond acceptors (Lipinski definition) is 5. The van der Waals surface area contributed by atoms with Crippen molar-refractivity contribution in [1.82, 2.24) is 4.98 Å². The summed E-state index contributed by atoms with van der Waals surface area (Å²) >= 11 is 11.3. The number of esters is 1. The van der Waals surface area contributed by atoms with E-state index in [1.165, 1.54) is 6.92 Å². The minimum absolute atomic E-state index is 0.0463. The number of carbonyl (C=O) groups excluding carboxylic acids is 1. The summed E-state index contributed by atoms with van der Waals surface area (Å²) in [6.45, 7) is 1.47. The summed E-state index contributed by atoms with van der Waals surface area (Å²) in [7, 11) is 0.